The number of rotatable bonds is 9. The lowest BCUT2D eigenvalue weighted by atomic mass is 9.85. The molecule has 0 unspecified atom stereocenters. The van der Waals surface area contributed by atoms with Gasteiger partial charge in [0, 0.05) is 44.7 Å². The van der Waals surface area contributed by atoms with Crippen LogP contribution < -0.4 is 20.9 Å². The lowest BCUT2D eigenvalue weighted by molar-refractivity contribution is -0.145. The molecule has 2 saturated carbocycles. The molecule has 10 nitrogen and oxygen atoms in total. The van der Waals surface area contributed by atoms with Gasteiger partial charge in [0.05, 0.1) is 6.07 Å². The summed E-state index contributed by atoms with van der Waals surface area (Å²) in [6, 6.07) is 8.01. The Kier molecular flexibility index (Phi) is 7.99. The minimum Gasteiger partial charge on any atom is -0.378 e. The second-order valence-electron chi connectivity index (χ2n) is 14.8. The first-order valence-electron chi connectivity index (χ1n) is 15.5. The molecule has 0 aromatic heterocycles. The van der Waals surface area contributed by atoms with E-state index in [1.807, 2.05) is 39.8 Å². The standard InChI is InChI=1S/C33H46N6O4/c1-32(2,3)27(37-29(41)23-15-22(23)18-8-10-21(11-9-18)38(6)7)31(43)39-17-24-25(33(24,4)5)26(39)30(42)36-20(16-34)14-19-12-13-35-28(19)40/h8-11,19-20,22-27H,12-15,17H2,1-7H3,(H,35,40)(H,36,42)(H,37,41)/t19-,20-,22-,23+,24-,25-,26-,27+/m0/s1. The summed E-state index contributed by atoms with van der Waals surface area (Å²) in [5.41, 5.74) is 1.53. The number of amides is 4. The van der Waals surface area contributed by atoms with E-state index in [-0.39, 0.29) is 65.1 Å². The van der Waals surface area contributed by atoms with Gasteiger partial charge in [-0.15, -0.1) is 0 Å². The monoisotopic (exact) mass is 590 g/mol. The molecule has 4 aliphatic rings. The molecular formula is C33H46N6O4. The molecule has 3 N–H and O–H groups in total. The molecule has 2 saturated heterocycles. The molecule has 0 radical (unpaired) electrons. The molecule has 1 aromatic carbocycles. The zero-order chi connectivity index (χ0) is 31.4. The minimum absolute atomic E-state index is 0.0279. The third-order valence-corrected chi connectivity index (χ3v) is 10.3. The lowest BCUT2D eigenvalue weighted by Crippen LogP contribution is -2.60. The highest BCUT2D eigenvalue weighted by Gasteiger charge is 2.70. The Labute approximate surface area is 254 Å². The summed E-state index contributed by atoms with van der Waals surface area (Å²) in [7, 11) is 3.98. The van der Waals surface area contributed by atoms with Crippen molar-refractivity contribution in [1.29, 1.82) is 5.26 Å². The van der Waals surface area contributed by atoms with Crippen LogP contribution in [-0.2, 0) is 19.2 Å². The van der Waals surface area contributed by atoms with Crippen LogP contribution >= 0.6 is 0 Å². The Morgan fingerprint density at radius 1 is 1.14 bits per heavy atom. The Bertz CT molecular complexity index is 1330. The molecule has 2 aliphatic heterocycles. The topological polar surface area (TPSA) is 135 Å². The first kappa shape index (κ1) is 30.8. The van der Waals surface area contributed by atoms with Gasteiger partial charge in [0.1, 0.15) is 18.1 Å². The highest BCUT2D eigenvalue weighted by atomic mass is 16.2. The van der Waals surface area contributed by atoms with Gasteiger partial charge in [-0.1, -0.05) is 46.8 Å². The fourth-order valence-electron chi connectivity index (χ4n) is 7.31. The molecule has 1 aromatic rings. The third kappa shape index (κ3) is 5.96. The Morgan fingerprint density at radius 3 is 2.37 bits per heavy atom. The van der Waals surface area contributed by atoms with Crippen molar-refractivity contribution >= 4 is 29.3 Å². The van der Waals surface area contributed by atoms with Gasteiger partial charge in [-0.3, -0.25) is 19.2 Å². The molecule has 2 heterocycles. The molecule has 8 atom stereocenters. The van der Waals surface area contributed by atoms with E-state index in [0.29, 0.717) is 19.5 Å². The van der Waals surface area contributed by atoms with E-state index in [4.69, 9.17) is 0 Å². The Hall–Kier alpha value is -3.61. The summed E-state index contributed by atoms with van der Waals surface area (Å²) >= 11 is 0. The van der Waals surface area contributed by atoms with Crippen molar-refractivity contribution in [3.8, 4) is 6.07 Å². The highest BCUT2D eigenvalue weighted by molar-refractivity contribution is 5.95. The lowest BCUT2D eigenvalue weighted by Gasteiger charge is -2.38. The van der Waals surface area contributed by atoms with Crippen LogP contribution in [0.25, 0.3) is 0 Å². The summed E-state index contributed by atoms with van der Waals surface area (Å²) in [6.45, 7) is 11.0. The van der Waals surface area contributed by atoms with Crippen LogP contribution in [0.15, 0.2) is 24.3 Å². The maximum Gasteiger partial charge on any atom is 0.246 e. The fraction of sp³-hybridized carbons (Fsp3) is 0.667. The van der Waals surface area contributed by atoms with Gasteiger partial charge in [-0.05, 0) is 65.5 Å². The SMILES string of the molecule is CN(C)c1ccc([C@@H]2C[C@H]2C(=O)N[C@H](C(=O)N2C[C@H]3[C@@H]([C@H]2C(=O)N[C@H](C#N)C[C@@H]2CCNC2=O)C3(C)C)C(C)(C)C)cc1. The molecule has 232 valence electrons. The van der Waals surface area contributed by atoms with Crippen molar-refractivity contribution in [3.05, 3.63) is 29.8 Å². The molecule has 0 bridgehead atoms. The van der Waals surface area contributed by atoms with Gasteiger partial charge in [-0.2, -0.15) is 5.26 Å². The molecule has 4 fully saturated rings. The number of piperidine rings is 1. The van der Waals surface area contributed by atoms with Crippen molar-refractivity contribution < 1.29 is 19.2 Å². The van der Waals surface area contributed by atoms with Crippen molar-refractivity contribution in [1.82, 2.24) is 20.9 Å². The predicted octanol–water partition coefficient (Wildman–Crippen LogP) is 2.40. The van der Waals surface area contributed by atoms with Crippen molar-refractivity contribution in [3.63, 3.8) is 0 Å². The van der Waals surface area contributed by atoms with Gasteiger partial charge in [0.2, 0.25) is 23.6 Å². The average Bonchev–Trinajstić information content (AvgIpc) is 3.70. The van der Waals surface area contributed by atoms with Gasteiger partial charge < -0.3 is 25.8 Å². The molecule has 43 heavy (non-hydrogen) atoms. The maximum absolute atomic E-state index is 14.2. The number of fused-ring (bicyclic) bond motifs is 1. The third-order valence-electron chi connectivity index (χ3n) is 10.3. The smallest absolute Gasteiger partial charge is 0.246 e. The molecule has 4 amide bonds. The normalized spacial score (nSPS) is 29.9. The van der Waals surface area contributed by atoms with Gasteiger partial charge in [0.25, 0.3) is 0 Å². The molecule has 10 heteroatoms. The Balaban J connectivity index is 1.28. The number of anilines is 1. The molecule has 0 spiro atoms. The zero-order valence-corrected chi connectivity index (χ0v) is 26.4. The second kappa shape index (κ2) is 11.1. The predicted molar refractivity (Wildman–Crippen MR) is 163 cm³/mol. The quantitative estimate of drug-likeness (QED) is 0.404. The number of nitrogens with zero attached hydrogens (tertiary/aromatic N) is 3. The second-order valence-corrected chi connectivity index (χ2v) is 14.8. The van der Waals surface area contributed by atoms with Crippen LogP contribution in [0, 0.1) is 45.8 Å². The van der Waals surface area contributed by atoms with E-state index in [0.717, 1.165) is 17.7 Å². The first-order chi connectivity index (χ1) is 20.1. The van der Waals surface area contributed by atoms with Crippen molar-refractivity contribution in [2.45, 2.75) is 77.9 Å². The summed E-state index contributed by atoms with van der Waals surface area (Å²) < 4.78 is 0. The molecule has 2 aliphatic carbocycles. The van der Waals surface area contributed by atoms with Crippen molar-refractivity contribution in [2.24, 2.45) is 34.5 Å². The zero-order valence-electron chi connectivity index (χ0n) is 26.4. The summed E-state index contributed by atoms with van der Waals surface area (Å²) in [5.74, 6) is -1.11. The number of likely N-dealkylation sites (tertiary alicyclic amines) is 1. The summed E-state index contributed by atoms with van der Waals surface area (Å²) in [4.78, 5) is 57.2. The van der Waals surface area contributed by atoms with E-state index in [2.05, 4.69) is 60.1 Å². The molecule has 5 rings (SSSR count). The van der Waals surface area contributed by atoms with E-state index < -0.39 is 23.5 Å². The highest BCUT2D eigenvalue weighted by Crippen LogP contribution is 2.65. The van der Waals surface area contributed by atoms with Crippen LogP contribution in [0.1, 0.15) is 65.4 Å². The molecular weight excluding hydrogens is 544 g/mol. The van der Waals surface area contributed by atoms with E-state index >= 15 is 0 Å². The van der Waals surface area contributed by atoms with E-state index in [9.17, 15) is 24.4 Å². The van der Waals surface area contributed by atoms with Gasteiger partial charge >= 0.3 is 0 Å². The fourth-order valence-corrected chi connectivity index (χ4v) is 7.31. The first-order valence-corrected chi connectivity index (χ1v) is 15.5. The average molecular weight is 591 g/mol. The van der Waals surface area contributed by atoms with Crippen LogP contribution in [-0.4, -0.2) is 73.8 Å². The summed E-state index contributed by atoms with van der Waals surface area (Å²) in [6.07, 6.45) is 1.61. The Morgan fingerprint density at radius 2 is 1.81 bits per heavy atom. The minimum atomic E-state index is -0.823. The maximum atomic E-state index is 14.2. The number of hydrogen-bond donors (Lipinski definition) is 3. The number of nitrogens with one attached hydrogen (secondary N) is 3. The summed E-state index contributed by atoms with van der Waals surface area (Å²) in [5, 5.41) is 18.5. The largest absolute Gasteiger partial charge is 0.378 e. The van der Waals surface area contributed by atoms with Crippen LogP contribution in [0.2, 0.25) is 0 Å². The van der Waals surface area contributed by atoms with Crippen molar-refractivity contribution in [2.75, 3.05) is 32.1 Å². The number of benzene rings is 1. The van der Waals surface area contributed by atoms with Crippen LogP contribution in [0.4, 0.5) is 5.69 Å². The van der Waals surface area contributed by atoms with E-state index in [1.165, 1.54) is 0 Å². The van der Waals surface area contributed by atoms with Crippen LogP contribution in [0.5, 0.6) is 0 Å². The van der Waals surface area contributed by atoms with E-state index in [1.54, 1.807) is 4.90 Å². The van der Waals surface area contributed by atoms with Gasteiger partial charge in [0.15, 0.2) is 0 Å². The van der Waals surface area contributed by atoms with Gasteiger partial charge in [-0.25, -0.2) is 0 Å². The van der Waals surface area contributed by atoms with Crippen LogP contribution in [0.3, 0.4) is 0 Å². The number of carbonyl (C=O) groups is 4. The number of nitriles is 1. The number of carbonyl (C=O) groups excluding carboxylic acids is 4. The number of hydrogen-bond acceptors (Lipinski definition) is 6.